The SMILES string of the molecule is COC1=C(C(C)C)C(N)=C(n2ncnc2C)C1(C)C. The maximum absolute atomic E-state index is 6.38. The predicted molar refractivity (Wildman–Crippen MR) is 74.8 cm³/mol. The number of rotatable bonds is 3. The van der Waals surface area contributed by atoms with Crippen molar-refractivity contribution in [2.24, 2.45) is 17.1 Å². The number of hydrogen-bond donors (Lipinski definition) is 1. The third kappa shape index (κ3) is 1.84. The van der Waals surface area contributed by atoms with Gasteiger partial charge in [-0.2, -0.15) is 5.10 Å². The van der Waals surface area contributed by atoms with Crippen LogP contribution in [0.25, 0.3) is 5.70 Å². The average molecular weight is 262 g/mol. The largest absolute Gasteiger partial charge is 0.500 e. The van der Waals surface area contributed by atoms with E-state index in [1.54, 1.807) is 13.4 Å². The first kappa shape index (κ1) is 13.6. The minimum atomic E-state index is -0.309. The van der Waals surface area contributed by atoms with Crippen molar-refractivity contribution in [1.82, 2.24) is 14.8 Å². The van der Waals surface area contributed by atoms with Crippen molar-refractivity contribution in [3.63, 3.8) is 0 Å². The Labute approximate surface area is 114 Å². The first-order valence-corrected chi connectivity index (χ1v) is 6.48. The zero-order valence-electron chi connectivity index (χ0n) is 12.5. The molecule has 19 heavy (non-hydrogen) atoms. The highest BCUT2D eigenvalue weighted by molar-refractivity contribution is 5.70. The minimum absolute atomic E-state index is 0.301. The van der Waals surface area contributed by atoms with Crippen molar-refractivity contribution in [2.75, 3.05) is 7.11 Å². The van der Waals surface area contributed by atoms with E-state index in [4.69, 9.17) is 10.5 Å². The van der Waals surface area contributed by atoms with Gasteiger partial charge in [0.2, 0.25) is 0 Å². The van der Waals surface area contributed by atoms with Crippen LogP contribution in [0.3, 0.4) is 0 Å². The molecule has 0 bridgehead atoms. The lowest BCUT2D eigenvalue weighted by atomic mass is 9.89. The Morgan fingerprint density at radius 2 is 2.00 bits per heavy atom. The van der Waals surface area contributed by atoms with Gasteiger partial charge in [-0.25, -0.2) is 9.67 Å². The van der Waals surface area contributed by atoms with Gasteiger partial charge >= 0.3 is 0 Å². The Morgan fingerprint density at radius 3 is 2.37 bits per heavy atom. The van der Waals surface area contributed by atoms with Gasteiger partial charge in [0.1, 0.15) is 17.9 Å². The number of allylic oxidation sites excluding steroid dienone is 2. The highest BCUT2D eigenvalue weighted by Gasteiger charge is 2.43. The number of aryl methyl sites for hydroxylation is 1. The predicted octanol–water partition coefficient (Wildman–Crippen LogP) is 2.31. The Balaban J connectivity index is 2.68. The summed E-state index contributed by atoms with van der Waals surface area (Å²) in [7, 11) is 1.70. The third-order valence-electron chi connectivity index (χ3n) is 3.66. The quantitative estimate of drug-likeness (QED) is 0.907. The standard InChI is InChI=1S/C14H22N4O/c1-8(2)10-11(15)12(14(4,5)13(10)19-6)18-9(3)16-7-17-18/h7-8H,15H2,1-6H3. The second-order valence-corrected chi connectivity index (χ2v) is 5.71. The molecule has 1 aromatic heterocycles. The molecule has 5 nitrogen and oxygen atoms in total. The van der Waals surface area contributed by atoms with Crippen LogP contribution in [-0.2, 0) is 4.74 Å². The van der Waals surface area contributed by atoms with Crippen molar-refractivity contribution < 1.29 is 4.74 Å². The maximum atomic E-state index is 6.38. The average Bonchev–Trinajstić information content (AvgIpc) is 2.78. The molecule has 1 aromatic rings. The third-order valence-corrected chi connectivity index (χ3v) is 3.66. The zero-order chi connectivity index (χ0) is 14.4. The Hall–Kier alpha value is -1.78. The van der Waals surface area contributed by atoms with Crippen LogP contribution in [0.1, 0.15) is 33.5 Å². The van der Waals surface area contributed by atoms with E-state index in [2.05, 4.69) is 37.8 Å². The Bertz CT molecular complexity index is 564. The summed E-state index contributed by atoms with van der Waals surface area (Å²) < 4.78 is 7.44. The lowest BCUT2D eigenvalue weighted by molar-refractivity contribution is 0.221. The van der Waals surface area contributed by atoms with Crippen LogP contribution in [-0.4, -0.2) is 21.9 Å². The molecule has 1 aliphatic carbocycles. The van der Waals surface area contributed by atoms with Crippen molar-refractivity contribution in [2.45, 2.75) is 34.6 Å². The van der Waals surface area contributed by atoms with Crippen molar-refractivity contribution in [1.29, 1.82) is 0 Å². The van der Waals surface area contributed by atoms with Gasteiger partial charge in [0.25, 0.3) is 0 Å². The summed E-state index contributed by atoms with van der Waals surface area (Å²) in [5.74, 6) is 2.05. The highest BCUT2D eigenvalue weighted by atomic mass is 16.5. The number of hydrogen-bond acceptors (Lipinski definition) is 4. The summed E-state index contributed by atoms with van der Waals surface area (Å²) in [5, 5.41) is 4.29. The van der Waals surface area contributed by atoms with Crippen LogP contribution >= 0.6 is 0 Å². The monoisotopic (exact) mass is 262 g/mol. The minimum Gasteiger partial charge on any atom is -0.500 e. The van der Waals surface area contributed by atoms with Gasteiger partial charge in [-0.05, 0) is 26.7 Å². The molecule has 1 heterocycles. The topological polar surface area (TPSA) is 66.0 Å². The van der Waals surface area contributed by atoms with Gasteiger partial charge in [-0.3, -0.25) is 0 Å². The number of methoxy groups -OCH3 is 1. The van der Waals surface area contributed by atoms with Crippen LogP contribution in [0.5, 0.6) is 0 Å². The molecule has 0 aromatic carbocycles. The fraction of sp³-hybridized carbons (Fsp3) is 0.571. The van der Waals surface area contributed by atoms with Gasteiger partial charge in [-0.1, -0.05) is 13.8 Å². The zero-order valence-corrected chi connectivity index (χ0v) is 12.5. The Morgan fingerprint density at radius 1 is 1.37 bits per heavy atom. The van der Waals surface area contributed by atoms with Crippen LogP contribution < -0.4 is 5.73 Å². The van der Waals surface area contributed by atoms with E-state index in [0.717, 1.165) is 28.6 Å². The molecule has 2 rings (SSSR count). The first-order valence-electron chi connectivity index (χ1n) is 6.48. The summed E-state index contributed by atoms with van der Waals surface area (Å²) in [5.41, 5.74) is 8.84. The first-order chi connectivity index (χ1) is 8.82. The van der Waals surface area contributed by atoms with Gasteiger partial charge < -0.3 is 10.5 Å². The molecule has 0 radical (unpaired) electrons. The molecule has 0 spiro atoms. The van der Waals surface area contributed by atoms with E-state index >= 15 is 0 Å². The molecule has 0 unspecified atom stereocenters. The van der Waals surface area contributed by atoms with Crippen molar-refractivity contribution in [3.8, 4) is 0 Å². The summed E-state index contributed by atoms with van der Waals surface area (Å²) >= 11 is 0. The van der Waals surface area contributed by atoms with Crippen LogP contribution in [0.2, 0.25) is 0 Å². The van der Waals surface area contributed by atoms with Crippen LogP contribution in [0, 0.1) is 18.3 Å². The second kappa shape index (κ2) is 4.40. The molecular weight excluding hydrogens is 240 g/mol. The second-order valence-electron chi connectivity index (χ2n) is 5.71. The molecule has 1 aliphatic rings. The summed E-state index contributed by atoms with van der Waals surface area (Å²) in [4.78, 5) is 4.18. The highest BCUT2D eigenvalue weighted by Crippen LogP contribution is 2.49. The number of nitrogens with zero attached hydrogens (tertiary/aromatic N) is 3. The van der Waals surface area contributed by atoms with E-state index < -0.39 is 0 Å². The van der Waals surface area contributed by atoms with Crippen LogP contribution in [0.4, 0.5) is 0 Å². The molecule has 0 amide bonds. The van der Waals surface area contributed by atoms with Crippen molar-refractivity contribution >= 4 is 5.70 Å². The van der Waals surface area contributed by atoms with Crippen LogP contribution in [0.15, 0.2) is 23.4 Å². The number of ether oxygens (including phenoxy) is 1. The van der Waals surface area contributed by atoms with E-state index in [9.17, 15) is 0 Å². The van der Waals surface area contributed by atoms with E-state index in [0.29, 0.717) is 5.92 Å². The number of aromatic nitrogens is 3. The summed E-state index contributed by atoms with van der Waals surface area (Å²) in [6.07, 6.45) is 1.55. The van der Waals surface area contributed by atoms with E-state index in [-0.39, 0.29) is 5.41 Å². The van der Waals surface area contributed by atoms with Gasteiger partial charge in [0.15, 0.2) is 0 Å². The van der Waals surface area contributed by atoms with Crippen molar-refractivity contribution in [3.05, 3.63) is 29.2 Å². The lowest BCUT2D eigenvalue weighted by Gasteiger charge is -2.26. The molecule has 2 N–H and O–H groups in total. The van der Waals surface area contributed by atoms with Gasteiger partial charge in [0.05, 0.1) is 23.9 Å². The van der Waals surface area contributed by atoms with Gasteiger partial charge in [-0.15, -0.1) is 0 Å². The molecule has 0 aliphatic heterocycles. The Kier molecular flexibility index (Phi) is 3.16. The van der Waals surface area contributed by atoms with Gasteiger partial charge in [0, 0.05) is 5.57 Å². The lowest BCUT2D eigenvalue weighted by Crippen LogP contribution is -2.22. The molecule has 104 valence electrons. The molecular formula is C14H22N4O. The number of nitrogens with two attached hydrogens (primary N) is 1. The molecule has 0 saturated carbocycles. The summed E-state index contributed by atoms with van der Waals surface area (Å²) in [6, 6.07) is 0. The maximum Gasteiger partial charge on any atom is 0.138 e. The fourth-order valence-corrected chi connectivity index (χ4v) is 2.87. The molecule has 0 atom stereocenters. The molecule has 0 saturated heterocycles. The van der Waals surface area contributed by atoms with E-state index in [1.165, 1.54) is 0 Å². The van der Waals surface area contributed by atoms with E-state index in [1.807, 2.05) is 11.6 Å². The fourth-order valence-electron chi connectivity index (χ4n) is 2.87. The normalized spacial score (nSPS) is 18.7. The smallest absolute Gasteiger partial charge is 0.138 e. The molecule has 0 fully saturated rings. The molecule has 5 heteroatoms. The summed E-state index contributed by atoms with van der Waals surface area (Å²) in [6.45, 7) is 10.4.